The summed E-state index contributed by atoms with van der Waals surface area (Å²) in [4.78, 5) is 13.9. The summed E-state index contributed by atoms with van der Waals surface area (Å²) in [6, 6.07) is 35.9. The maximum atomic E-state index is 4.69. The Bertz CT molecular complexity index is 1920. The van der Waals surface area contributed by atoms with Crippen molar-refractivity contribution in [1.29, 1.82) is 0 Å². The fraction of sp³-hybridized carbons (Fsp3) is 0.146. The van der Waals surface area contributed by atoms with Gasteiger partial charge in [-0.2, -0.15) is 0 Å². The van der Waals surface area contributed by atoms with Crippen molar-refractivity contribution in [3.05, 3.63) is 168 Å². The van der Waals surface area contributed by atoms with Crippen LogP contribution in [0.5, 0.6) is 0 Å². The van der Waals surface area contributed by atoms with E-state index >= 15 is 0 Å². The molecule has 44 heavy (non-hydrogen) atoms. The minimum Gasteiger partial charge on any atom is -0.256 e. The Morgan fingerprint density at radius 2 is 1.16 bits per heavy atom. The fourth-order valence-corrected chi connectivity index (χ4v) is 6.53. The van der Waals surface area contributed by atoms with Gasteiger partial charge >= 0.3 is 0 Å². The molecule has 2 unspecified atom stereocenters. The van der Waals surface area contributed by atoms with E-state index in [0.717, 1.165) is 41.1 Å². The molecule has 5 aromatic rings. The van der Waals surface area contributed by atoms with Crippen LogP contribution in [0, 0.1) is 11.3 Å². The molecule has 214 valence electrons. The van der Waals surface area contributed by atoms with Crippen LogP contribution in [-0.4, -0.2) is 15.0 Å². The van der Waals surface area contributed by atoms with Crippen LogP contribution < -0.4 is 0 Å². The Morgan fingerprint density at radius 3 is 1.77 bits per heavy atom. The SMILES string of the molecule is CC1C=C(c2ccccn2)C=C(C2(C)C=C(c3cccc(-c4ccccn4)c3)C=C(c3cccc(-c4ccccn4)c3)C2)C1. The van der Waals surface area contributed by atoms with E-state index in [1.54, 1.807) is 0 Å². The van der Waals surface area contributed by atoms with Crippen molar-refractivity contribution >= 4 is 16.7 Å². The van der Waals surface area contributed by atoms with Gasteiger partial charge in [-0.05, 0) is 95.1 Å². The number of allylic oxidation sites excluding steroid dienone is 8. The molecule has 3 aromatic heterocycles. The molecule has 0 spiro atoms. The summed E-state index contributed by atoms with van der Waals surface area (Å²) in [6.07, 6.45) is 17.2. The van der Waals surface area contributed by atoms with E-state index < -0.39 is 0 Å². The molecular formula is C41H35N3. The highest BCUT2D eigenvalue weighted by atomic mass is 14.7. The lowest BCUT2D eigenvalue weighted by atomic mass is 9.67. The lowest BCUT2D eigenvalue weighted by Crippen LogP contribution is -2.23. The van der Waals surface area contributed by atoms with Crippen LogP contribution in [0.1, 0.15) is 43.5 Å². The van der Waals surface area contributed by atoms with Crippen molar-refractivity contribution in [1.82, 2.24) is 15.0 Å². The van der Waals surface area contributed by atoms with Gasteiger partial charge in [0.25, 0.3) is 0 Å². The van der Waals surface area contributed by atoms with Gasteiger partial charge < -0.3 is 0 Å². The van der Waals surface area contributed by atoms with E-state index in [2.05, 4.69) is 126 Å². The lowest BCUT2D eigenvalue weighted by molar-refractivity contribution is 0.482. The minimum absolute atomic E-state index is 0.177. The van der Waals surface area contributed by atoms with Crippen LogP contribution >= 0.6 is 0 Å². The largest absolute Gasteiger partial charge is 0.256 e. The second-order valence-electron chi connectivity index (χ2n) is 12.1. The quantitative estimate of drug-likeness (QED) is 0.204. The summed E-state index contributed by atoms with van der Waals surface area (Å²) >= 11 is 0. The first-order valence-corrected chi connectivity index (χ1v) is 15.4. The third kappa shape index (κ3) is 5.74. The van der Waals surface area contributed by atoms with E-state index in [1.807, 2.05) is 48.9 Å². The molecule has 0 aliphatic heterocycles. The first-order valence-electron chi connectivity index (χ1n) is 15.4. The summed E-state index contributed by atoms with van der Waals surface area (Å²) in [5, 5.41) is 0. The Morgan fingerprint density at radius 1 is 0.591 bits per heavy atom. The monoisotopic (exact) mass is 569 g/mol. The molecule has 0 saturated heterocycles. The summed E-state index contributed by atoms with van der Waals surface area (Å²) in [5.74, 6) is 0.426. The van der Waals surface area contributed by atoms with Crippen LogP contribution in [0.25, 0.3) is 39.2 Å². The molecule has 0 amide bonds. The van der Waals surface area contributed by atoms with Crippen LogP contribution in [0.15, 0.2) is 152 Å². The molecule has 0 N–H and O–H groups in total. The maximum absolute atomic E-state index is 4.69. The third-order valence-electron chi connectivity index (χ3n) is 8.74. The molecule has 2 atom stereocenters. The molecule has 3 nitrogen and oxygen atoms in total. The van der Waals surface area contributed by atoms with Crippen LogP contribution in [0.3, 0.4) is 0 Å². The van der Waals surface area contributed by atoms with Gasteiger partial charge in [-0.25, -0.2) is 0 Å². The zero-order valence-electron chi connectivity index (χ0n) is 25.2. The molecule has 2 aliphatic carbocycles. The van der Waals surface area contributed by atoms with E-state index in [9.17, 15) is 0 Å². The summed E-state index contributed by atoms with van der Waals surface area (Å²) in [5.41, 5.74) is 12.7. The minimum atomic E-state index is -0.177. The van der Waals surface area contributed by atoms with Crippen molar-refractivity contribution in [2.75, 3.05) is 0 Å². The second-order valence-corrected chi connectivity index (χ2v) is 12.1. The number of hydrogen-bond donors (Lipinski definition) is 0. The molecule has 2 aliphatic rings. The highest BCUT2D eigenvalue weighted by Gasteiger charge is 2.34. The fourth-order valence-electron chi connectivity index (χ4n) is 6.53. The first-order chi connectivity index (χ1) is 21.5. The third-order valence-corrected chi connectivity index (χ3v) is 8.74. The van der Waals surface area contributed by atoms with Gasteiger partial charge in [-0.1, -0.05) is 98.3 Å². The van der Waals surface area contributed by atoms with E-state index in [0.29, 0.717) is 5.92 Å². The summed E-state index contributed by atoms with van der Waals surface area (Å²) in [7, 11) is 0. The van der Waals surface area contributed by atoms with Gasteiger partial charge in [-0.3, -0.25) is 15.0 Å². The normalized spacial score (nSPS) is 19.8. The average Bonchev–Trinajstić information content (AvgIpc) is 3.09. The topological polar surface area (TPSA) is 38.7 Å². The van der Waals surface area contributed by atoms with Gasteiger partial charge in [0.2, 0.25) is 0 Å². The smallest absolute Gasteiger partial charge is 0.0702 e. The zero-order valence-corrected chi connectivity index (χ0v) is 25.2. The highest BCUT2D eigenvalue weighted by molar-refractivity contribution is 5.89. The molecule has 3 heteroatoms. The lowest BCUT2D eigenvalue weighted by Gasteiger charge is -2.37. The van der Waals surface area contributed by atoms with E-state index in [4.69, 9.17) is 0 Å². The number of aromatic nitrogens is 3. The van der Waals surface area contributed by atoms with Gasteiger partial charge in [0, 0.05) is 35.1 Å². The Labute approximate surface area is 260 Å². The van der Waals surface area contributed by atoms with E-state index in [-0.39, 0.29) is 5.41 Å². The maximum Gasteiger partial charge on any atom is 0.0702 e. The number of hydrogen-bond acceptors (Lipinski definition) is 3. The first kappa shape index (κ1) is 27.7. The van der Waals surface area contributed by atoms with Crippen molar-refractivity contribution in [2.45, 2.75) is 26.7 Å². The average molecular weight is 570 g/mol. The number of rotatable bonds is 6. The van der Waals surface area contributed by atoms with Crippen molar-refractivity contribution < 1.29 is 0 Å². The Kier molecular flexibility index (Phi) is 7.45. The molecule has 0 fully saturated rings. The van der Waals surface area contributed by atoms with Crippen molar-refractivity contribution in [3.8, 4) is 22.5 Å². The van der Waals surface area contributed by atoms with Gasteiger partial charge in [0.15, 0.2) is 0 Å². The van der Waals surface area contributed by atoms with E-state index in [1.165, 1.54) is 33.4 Å². The van der Waals surface area contributed by atoms with Gasteiger partial charge in [-0.15, -0.1) is 0 Å². The molecule has 0 bridgehead atoms. The molecule has 2 aromatic carbocycles. The predicted octanol–water partition coefficient (Wildman–Crippen LogP) is 10.1. The second kappa shape index (κ2) is 11.9. The number of benzene rings is 2. The van der Waals surface area contributed by atoms with Crippen LogP contribution in [-0.2, 0) is 0 Å². The van der Waals surface area contributed by atoms with Crippen molar-refractivity contribution in [2.24, 2.45) is 11.3 Å². The van der Waals surface area contributed by atoms with Gasteiger partial charge in [0.05, 0.1) is 17.1 Å². The molecule has 3 heterocycles. The standard InChI is InChI=1S/C41H35N3/c1-29-21-34(40-17-5-8-20-44-40)26-37(22-29)41(2)27-35(30-11-9-13-32(23-30)38-15-3-6-18-42-38)25-36(28-41)31-12-10-14-33(24-31)39-16-4-7-19-43-39/h3-21,23-27,29H,22,28H2,1-2H3. The zero-order chi connectivity index (χ0) is 29.9. The summed E-state index contributed by atoms with van der Waals surface area (Å²) in [6.45, 7) is 4.72. The van der Waals surface area contributed by atoms with Gasteiger partial charge in [0.1, 0.15) is 0 Å². The molecular weight excluding hydrogens is 534 g/mol. The van der Waals surface area contributed by atoms with Crippen LogP contribution in [0.2, 0.25) is 0 Å². The molecule has 0 saturated carbocycles. The molecule has 7 rings (SSSR count). The Hall–Kier alpha value is -5.15. The van der Waals surface area contributed by atoms with Crippen LogP contribution in [0.4, 0.5) is 0 Å². The predicted molar refractivity (Wildman–Crippen MR) is 182 cm³/mol. The number of nitrogens with zero attached hydrogens (tertiary/aromatic N) is 3. The molecule has 0 radical (unpaired) electrons. The number of pyridine rings is 3. The summed E-state index contributed by atoms with van der Waals surface area (Å²) < 4.78 is 0. The highest BCUT2D eigenvalue weighted by Crippen LogP contribution is 2.49. The van der Waals surface area contributed by atoms with Crippen molar-refractivity contribution in [3.63, 3.8) is 0 Å². The Balaban J connectivity index is 1.35.